The molecule has 38 heavy (non-hydrogen) atoms. The Morgan fingerprint density at radius 2 is 1.76 bits per heavy atom. The van der Waals surface area contributed by atoms with Gasteiger partial charge >= 0.3 is 0 Å². The van der Waals surface area contributed by atoms with Gasteiger partial charge in [-0.2, -0.15) is 5.26 Å². The van der Waals surface area contributed by atoms with Gasteiger partial charge in [-0.1, -0.05) is 48.0 Å². The van der Waals surface area contributed by atoms with Crippen molar-refractivity contribution in [3.05, 3.63) is 101 Å². The van der Waals surface area contributed by atoms with E-state index < -0.39 is 11.9 Å². The van der Waals surface area contributed by atoms with Gasteiger partial charge in [-0.3, -0.25) is 9.59 Å². The number of nitrogens with zero attached hydrogens (tertiary/aromatic N) is 5. The van der Waals surface area contributed by atoms with E-state index in [4.69, 9.17) is 16.3 Å². The van der Waals surface area contributed by atoms with Gasteiger partial charge in [-0.25, -0.2) is 9.67 Å². The minimum Gasteiger partial charge on any atom is -0.456 e. The van der Waals surface area contributed by atoms with E-state index >= 15 is 0 Å². The SMILES string of the molecule is CCc1ccc(C(C#N)NC(=O)c2cn(CCNC(=O)c3ccc(Oc4ccc(Cl)cc4)cn3)nn2)cc1. The maximum Gasteiger partial charge on any atom is 0.274 e. The molecule has 11 heteroatoms. The number of pyridine rings is 1. The van der Waals surface area contributed by atoms with E-state index in [1.165, 1.54) is 17.1 Å². The van der Waals surface area contributed by atoms with Crippen LogP contribution in [0.15, 0.2) is 73.1 Å². The third-order valence-corrected chi connectivity index (χ3v) is 5.79. The Labute approximate surface area is 224 Å². The molecule has 2 aromatic heterocycles. The van der Waals surface area contributed by atoms with Crippen LogP contribution in [-0.2, 0) is 13.0 Å². The van der Waals surface area contributed by atoms with Crippen molar-refractivity contribution in [3.8, 4) is 17.6 Å². The molecule has 0 aliphatic rings. The molecule has 2 aromatic carbocycles. The van der Waals surface area contributed by atoms with Gasteiger partial charge in [-0.15, -0.1) is 5.10 Å². The minimum atomic E-state index is -0.812. The van der Waals surface area contributed by atoms with Crippen molar-refractivity contribution in [3.63, 3.8) is 0 Å². The van der Waals surface area contributed by atoms with Gasteiger partial charge in [0.25, 0.3) is 11.8 Å². The Balaban J connectivity index is 1.25. The average Bonchev–Trinajstić information content (AvgIpc) is 3.42. The van der Waals surface area contributed by atoms with E-state index in [1.54, 1.807) is 36.4 Å². The lowest BCUT2D eigenvalue weighted by Gasteiger charge is -2.11. The van der Waals surface area contributed by atoms with Crippen LogP contribution in [0.25, 0.3) is 0 Å². The molecule has 0 saturated carbocycles. The van der Waals surface area contributed by atoms with E-state index in [0.29, 0.717) is 22.1 Å². The summed E-state index contributed by atoms with van der Waals surface area (Å²) in [6.45, 7) is 2.56. The number of nitriles is 1. The lowest BCUT2D eigenvalue weighted by molar-refractivity contribution is 0.0934. The van der Waals surface area contributed by atoms with Crippen LogP contribution in [0.2, 0.25) is 5.02 Å². The van der Waals surface area contributed by atoms with Gasteiger partial charge < -0.3 is 15.4 Å². The molecule has 0 saturated heterocycles. The van der Waals surface area contributed by atoms with Crippen LogP contribution in [0.4, 0.5) is 0 Å². The topological polar surface area (TPSA) is 135 Å². The van der Waals surface area contributed by atoms with Gasteiger partial charge in [0, 0.05) is 11.6 Å². The zero-order valence-electron chi connectivity index (χ0n) is 20.5. The number of ether oxygens (including phenoxy) is 1. The van der Waals surface area contributed by atoms with E-state index in [9.17, 15) is 14.9 Å². The Morgan fingerprint density at radius 1 is 1.03 bits per heavy atom. The molecule has 1 unspecified atom stereocenters. The van der Waals surface area contributed by atoms with Gasteiger partial charge in [-0.05, 0) is 53.9 Å². The predicted octanol–water partition coefficient (Wildman–Crippen LogP) is 4.11. The molecule has 0 radical (unpaired) electrons. The summed E-state index contributed by atoms with van der Waals surface area (Å²) in [6.07, 6.45) is 3.80. The fourth-order valence-corrected chi connectivity index (χ4v) is 3.57. The summed E-state index contributed by atoms with van der Waals surface area (Å²) in [4.78, 5) is 29.1. The van der Waals surface area contributed by atoms with E-state index in [1.807, 2.05) is 31.2 Å². The Hall–Kier alpha value is -4.75. The number of aromatic nitrogens is 4. The molecule has 4 aromatic rings. The normalized spacial score (nSPS) is 11.3. The monoisotopic (exact) mass is 529 g/mol. The van der Waals surface area contributed by atoms with Crippen LogP contribution in [0.5, 0.6) is 11.5 Å². The molecular formula is C27H24ClN7O3. The number of nitrogens with one attached hydrogen (secondary N) is 2. The Kier molecular flexibility index (Phi) is 8.64. The number of aryl methyl sites for hydroxylation is 1. The van der Waals surface area contributed by atoms with Crippen LogP contribution in [-0.4, -0.2) is 38.3 Å². The molecule has 2 heterocycles. The second kappa shape index (κ2) is 12.5. The highest BCUT2D eigenvalue weighted by molar-refractivity contribution is 6.30. The quantitative estimate of drug-likeness (QED) is 0.315. The molecular weight excluding hydrogens is 506 g/mol. The van der Waals surface area contributed by atoms with Crippen molar-refractivity contribution in [2.75, 3.05) is 6.54 Å². The van der Waals surface area contributed by atoms with Crippen LogP contribution >= 0.6 is 11.6 Å². The highest BCUT2D eigenvalue weighted by atomic mass is 35.5. The first-order valence-electron chi connectivity index (χ1n) is 11.8. The first-order chi connectivity index (χ1) is 18.4. The highest BCUT2D eigenvalue weighted by Crippen LogP contribution is 2.22. The lowest BCUT2D eigenvalue weighted by Crippen LogP contribution is -2.28. The number of amides is 2. The summed E-state index contributed by atoms with van der Waals surface area (Å²) in [5.74, 6) is 0.195. The standard InChI is InChI=1S/C27H24ClN7O3/c1-2-18-3-5-19(6-4-18)24(15-29)32-27(37)25-17-35(34-33-25)14-13-30-26(36)23-12-11-22(16-31-23)38-21-9-7-20(28)8-10-21/h3-12,16-17,24H,2,13-14H2,1H3,(H,30,36)(H,32,37). The van der Waals surface area contributed by atoms with E-state index in [-0.39, 0.29) is 30.4 Å². The molecule has 0 fully saturated rings. The van der Waals surface area contributed by atoms with Crippen LogP contribution in [0, 0.1) is 11.3 Å². The van der Waals surface area contributed by atoms with Gasteiger partial charge in [0.15, 0.2) is 5.69 Å². The fraction of sp³-hybridized carbons (Fsp3) is 0.185. The summed E-state index contributed by atoms with van der Waals surface area (Å²) in [5, 5.41) is 23.3. The summed E-state index contributed by atoms with van der Waals surface area (Å²) in [7, 11) is 0. The Morgan fingerprint density at radius 3 is 2.42 bits per heavy atom. The fourth-order valence-electron chi connectivity index (χ4n) is 3.44. The number of hydrogen-bond donors (Lipinski definition) is 2. The molecule has 10 nitrogen and oxygen atoms in total. The lowest BCUT2D eigenvalue weighted by atomic mass is 10.0. The largest absolute Gasteiger partial charge is 0.456 e. The van der Waals surface area contributed by atoms with Gasteiger partial charge in [0.2, 0.25) is 0 Å². The number of carbonyl (C=O) groups excluding carboxylic acids is 2. The molecule has 2 amide bonds. The number of rotatable bonds is 10. The molecule has 192 valence electrons. The summed E-state index contributed by atoms with van der Waals surface area (Å²) in [6, 6.07) is 18.9. The first kappa shape index (κ1) is 26.3. The molecule has 1 atom stereocenters. The third-order valence-electron chi connectivity index (χ3n) is 5.54. The number of hydrogen-bond acceptors (Lipinski definition) is 7. The molecule has 0 spiro atoms. The molecule has 0 aliphatic carbocycles. The number of benzene rings is 2. The van der Waals surface area contributed by atoms with Crippen LogP contribution in [0.1, 0.15) is 45.1 Å². The van der Waals surface area contributed by atoms with Gasteiger partial charge in [0.05, 0.1) is 25.0 Å². The van der Waals surface area contributed by atoms with Crippen molar-refractivity contribution >= 4 is 23.4 Å². The predicted molar refractivity (Wildman–Crippen MR) is 140 cm³/mol. The number of carbonyl (C=O) groups is 2. The summed E-state index contributed by atoms with van der Waals surface area (Å²) in [5.41, 5.74) is 2.12. The molecule has 0 bridgehead atoms. The van der Waals surface area contributed by atoms with Crippen molar-refractivity contribution in [1.82, 2.24) is 30.6 Å². The average molecular weight is 530 g/mol. The smallest absolute Gasteiger partial charge is 0.274 e. The van der Waals surface area contributed by atoms with E-state index in [0.717, 1.165) is 12.0 Å². The second-order valence-electron chi connectivity index (χ2n) is 8.19. The first-order valence-corrected chi connectivity index (χ1v) is 12.2. The van der Waals surface area contributed by atoms with Crippen molar-refractivity contribution < 1.29 is 14.3 Å². The maximum atomic E-state index is 12.6. The van der Waals surface area contributed by atoms with Crippen LogP contribution in [0.3, 0.4) is 0 Å². The Bertz CT molecular complexity index is 1430. The molecule has 2 N–H and O–H groups in total. The van der Waals surface area contributed by atoms with Crippen molar-refractivity contribution in [1.29, 1.82) is 5.26 Å². The highest BCUT2D eigenvalue weighted by Gasteiger charge is 2.18. The van der Waals surface area contributed by atoms with E-state index in [2.05, 4.69) is 32.0 Å². The molecule has 4 rings (SSSR count). The molecule has 0 aliphatic heterocycles. The number of halogens is 1. The summed E-state index contributed by atoms with van der Waals surface area (Å²) >= 11 is 5.87. The van der Waals surface area contributed by atoms with Crippen molar-refractivity contribution in [2.45, 2.75) is 25.9 Å². The zero-order valence-corrected chi connectivity index (χ0v) is 21.2. The second-order valence-corrected chi connectivity index (χ2v) is 8.63. The van der Waals surface area contributed by atoms with Crippen LogP contribution < -0.4 is 15.4 Å². The summed E-state index contributed by atoms with van der Waals surface area (Å²) < 4.78 is 7.11. The minimum absolute atomic E-state index is 0.0692. The van der Waals surface area contributed by atoms with Gasteiger partial charge in [0.1, 0.15) is 23.2 Å². The maximum absolute atomic E-state index is 12.6. The zero-order chi connectivity index (χ0) is 26.9. The van der Waals surface area contributed by atoms with Crippen molar-refractivity contribution in [2.24, 2.45) is 0 Å². The third kappa shape index (κ3) is 6.93.